The molecule has 2 aromatic carbocycles. The van der Waals surface area contributed by atoms with E-state index in [1.54, 1.807) is 55.6 Å². The molecule has 0 unspecified atom stereocenters. The zero-order valence-corrected chi connectivity index (χ0v) is 14.4. The highest BCUT2D eigenvalue weighted by molar-refractivity contribution is 6.05. The van der Waals surface area contributed by atoms with E-state index >= 15 is 0 Å². The minimum atomic E-state index is -0.253. The highest BCUT2D eigenvalue weighted by atomic mass is 16.5. The minimum absolute atomic E-state index is 0.170. The molecule has 0 saturated heterocycles. The number of rotatable bonds is 8. The quantitative estimate of drug-likeness (QED) is 0.723. The molecule has 2 rings (SSSR count). The van der Waals surface area contributed by atoms with E-state index in [0.29, 0.717) is 42.3 Å². The van der Waals surface area contributed by atoms with Crippen LogP contribution in [-0.4, -0.2) is 38.7 Å². The van der Waals surface area contributed by atoms with Crippen molar-refractivity contribution in [3.05, 3.63) is 59.7 Å². The largest absolute Gasteiger partial charge is 0.491 e. The fourth-order valence-electron chi connectivity index (χ4n) is 2.15. The molecular formula is C19H22N2O4. The van der Waals surface area contributed by atoms with Crippen molar-refractivity contribution in [3.8, 4) is 5.75 Å². The van der Waals surface area contributed by atoms with E-state index in [9.17, 15) is 9.59 Å². The van der Waals surface area contributed by atoms with E-state index in [1.807, 2.05) is 6.92 Å². The van der Waals surface area contributed by atoms with Gasteiger partial charge in [-0.2, -0.15) is 0 Å². The Labute approximate surface area is 147 Å². The number of hydrogen-bond donors (Lipinski definition) is 2. The first-order valence-corrected chi connectivity index (χ1v) is 8.05. The Balaban J connectivity index is 1.99. The zero-order chi connectivity index (χ0) is 18.1. The Morgan fingerprint density at radius 1 is 0.960 bits per heavy atom. The molecule has 0 heterocycles. The molecule has 0 spiro atoms. The molecule has 0 atom stereocenters. The van der Waals surface area contributed by atoms with Crippen molar-refractivity contribution in [2.24, 2.45) is 0 Å². The number of amides is 2. The summed E-state index contributed by atoms with van der Waals surface area (Å²) in [6.45, 7) is 3.36. The van der Waals surface area contributed by atoms with Gasteiger partial charge >= 0.3 is 0 Å². The van der Waals surface area contributed by atoms with Crippen molar-refractivity contribution < 1.29 is 19.1 Å². The summed E-state index contributed by atoms with van der Waals surface area (Å²) in [6.07, 6.45) is 0. The molecule has 2 aromatic rings. The second kappa shape index (κ2) is 9.44. The monoisotopic (exact) mass is 342 g/mol. The van der Waals surface area contributed by atoms with E-state index in [0.717, 1.165) is 0 Å². The fourth-order valence-corrected chi connectivity index (χ4v) is 2.15. The summed E-state index contributed by atoms with van der Waals surface area (Å²) in [4.78, 5) is 24.2. The van der Waals surface area contributed by atoms with Gasteiger partial charge in [-0.15, -0.1) is 0 Å². The van der Waals surface area contributed by atoms with Crippen LogP contribution in [0.3, 0.4) is 0 Å². The van der Waals surface area contributed by atoms with Crippen LogP contribution in [0.1, 0.15) is 27.6 Å². The third-order valence-corrected chi connectivity index (χ3v) is 3.39. The molecule has 2 amide bonds. The van der Waals surface area contributed by atoms with Gasteiger partial charge in [-0.1, -0.05) is 6.07 Å². The molecule has 2 N–H and O–H groups in total. The summed E-state index contributed by atoms with van der Waals surface area (Å²) in [5.74, 6) is 0.250. The van der Waals surface area contributed by atoms with Crippen LogP contribution < -0.4 is 15.4 Å². The molecule has 132 valence electrons. The summed E-state index contributed by atoms with van der Waals surface area (Å²) in [6, 6.07) is 13.6. The SMILES string of the molecule is CCNC(=O)c1cccc(NC(=O)c2ccc(OCCOC)cc2)c1. The molecular weight excluding hydrogens is 320 g/mol. The Morgan fingerprint density at radius 3 is 2.40 bits per heavy atom. The maximum absolute atomic E-state index is 12.3. The lowest BCUT2D eigenvalue weighted by Gasteiger charge is -2.09. The molecule has 0 radical (unpaired) electrons. The zero-order valence-electron chi connectivity index (χ0n) is 14.4. The second-order valence-electron chi connectivity index (χ2n) is 5.26. The van der Waals surface area contributed by atoms with Gasteiger partial charge in [0.25, 0.3) is 11.8 Å². The van der Waals surface area contributed by atoms with Gasteiger partial charge in [0.05, 0.1) is 6.61 Å². The first kappa shape index (κ1) is 18.5. The Morgan fingerprint density at radius 2 is 1.72 bits per heavy atom. The van der Waals surface area contributed by atoms with Crippen molar-refractivity contribution in [1.29, 1.82) is 0 Å². The fraction of sp³-hybridized carbons (Fsp3) is 0.263. The topological polar surface area (TPSA) is 76.7 Å². The molecule has 0 saturated carbocycles. The lowest BCUT2D eigenvalue weighted by molar-refractivity contribution is 0.0954. The summed E-state index contributed by atoms with van der Waals surface area (Å²) < 4.78 is 10.4. The maximum atomic E-state index is 12.3. The van der Waals surface area contributed by atoms with Gasteiger partial charge in [-0.25, -0.2) is 0 Å². The number of hydrogen-bond acceptors (Lipinski definition) is 4. The smallest absolute Gasteiger partial charge is 0.255 e. The number of carbonyl (C=O) groups excluding carboxylic acids is 2. The number of methoxy groups -OCH3 is 1. The van der Waals surface area contributed by atoms with Gasteiger partial charge in [-0.3, -0.25) is 9.59 Å². The van der Waals surface area contributed by atoms with E-state index in [1.165, 1.54) is 0 Å². The van der Waals surface area contributed by atoms with Gasteiger partial charge in [0.15, 0.2) is 0 Å². The van der Waals surface area contributed by atoms with E-state index in [-0.39, 0.29) is 11.8 Å². The third-order valence-electron chi connectivity index (χ3n) is 3.39. The average molecular weight is 342 g/mol. The predicted octanol–water partition coefficient (Wildman–Crippen LogP) is 2.71. The number of nitrogens with one attached hydrogen (secondary N) is 2. The second-order valence-corrected chi connectivity index (χ2v) is 5.26. The van der Waals surface area contributed by atoms with Crippen molar-refractivity contribution >= 4 is 17.5 Å². The molecule has 0 fully saturated rings. The van der Waals surface area contributed by atoms with Gasteiger partial charge in [0.2, 0.25) is 0 Å². The van der Waals surface area contributed by atoms with Crippen molar-refractivity contribution in [1.82, 2.24) is 5.32 Å². The third kappa shape index (κ3) is 5.61. The molecule has 0 aromatic heterocycles. The maximum Gasteiger partial charge on any atom is 0.255 e. The van der Waals surface area contributed by atoms with Crippen LogP contribution in [0, 0.1) is 0 Å². The highest BCUT2D eigenvalue weighted by Crippen LogP contribution is 2.15. The summed E-state index contributed by atoms with van der Waals surface area (Å²) >= 11 is 0. The lowest BCUT2D eigenvalue weighted by atomic mass is 10.1. The van der Waals surface area contributed by atoms with E-state index in [2.05, 4.69) is 10.6 Å². The lowest BCUT2D eigenvalue weighted by Crippen LogP contribution is -2.22. The van der Waals surface area contributed by atoms with Gasteiger partial charge in [-0.05, 0) is 49.4 Å². The summed E-state index contributed by atoms with van der Waals surface area (Å²) in [5.41, 5.74) is 1.57. The summed E-state index contributed by atoms with van der Waals surface area (Å²) in [7, 11) is 1.61. The highest BCUT2D eigenvalue weighted by Gasteiger charge is 2.09. The average Bonchev–Trinajstić information content (AvgIpc) is 2.63. The number of anilines is 1. The van der Waals surface area contributed by atoms with Gasteiger partial charge in [0.1, 0.15) is 12.4 Å². The first-order valence-electron chi connectivity index (χ1n) is 8.05. The van der Waals surface area contributed by atoms with Crippen LogP contribution in [0.4, 0.5) is 5.69 Å². The molecule has 0 bridgehead atoms. The molecule has 6 heteroatoms. The van der Waals surface area contributed by atoms with Crippen LogP contribution >= 0.6 is 0 Å². The Hall–Kier alpha value is -2.86. The molecule has 6 nitrogen and oxygen atoms in total. The van der Waals surface area contributed by atoms with Gasteiger partial charge < -0.3 is 20.1 Å². The van der Waals surface area contributed by atoms with Crippen LogP contribution in [0.2, 0.25) is 0 Å². The first-order chi connectivity index (χ1) is 12.1. The molecule has 0 aliphatic heterocycles. The molecule has 0 aliphatic rings. The van der Waals surface area contributed by atoms with Crippen LogP contribution in [0.15, 0.2) is 48.5 Å². The normalized spacial score (nSPS) is 10.2. The minimum Gasteiger partial charge on any atom is -0.491 e. The van der Waals surface area contributed by atoms with Crippen molar-refractivity contribution in [3.63, 3.8) is 0 Å². The predicted molar refractivity (Wildman–Crippen MR) is 96.2 cm³/mol. The molecule has 0 aliphatic carbocycles. The summed E-state index contributed by atoms with van der Waals surface area (Å²) in [5, 5.41) is 5.51. The van der Waals surface area contributed by atoms with E-state index in [4.69, 9.17) is 9.47 Å². The van der Waals surface area contributed by atoms with Crippen LogP contribution in [0.5, 0.6) is 5.75 Å². The Kier molecular flexibility index (Phi) is 6.98. The van der Waals surface area contributed by atoms with E-state index < -0.39 is 0 Å². The standard InChI is InChI=1S/C19H22N2O4/c1-3-20-18(22)15-5-4-6-16(13-15)21-19(23)14-7-9-17(10-8-14)25-12-11-24-2/h4-10,13H,3,11-12H2,1-2H3,(H,20,22)(H,21,23). The van der Waals surface area contributed by atoms with Crippen molar-refractivity contribution in [2.45, 2.75) is 6.92 Å². The Bertz CT molecular complexity index is 714. The van der Waals surface area contributed by atoms with Crippen molar-refractivity contribution in [2.75, 3.05) is 32.2 Å². The number of benzene rings is 2. The number of ether oxygens (including phenoxy) is 2. The van der Waals surface area contributed by atoms with Gasteiger partial charge in [0, 0.05) is 30.5 Å². The molecule has 25 heavy (non-hydrogen) atoms. The van der Waals surface area contributed by atoms with Crippen LogP contribution in [-0.2, 0) is 4.74 Å². The van der Waals surface area contributed by atoms with Crippen LogP contribution in [0.25, 0.3) is 0 Å². The number of carbonyl (C=O) groups is 2.